The number of amides is 1. The van der Waals surface area contributed by atoms with Crippen molar-refractivity contribution < 1.29 is 9.90 Å². The highest BCUT2D eigenvalue weighted by Gasteiger charge is 2.32. The normalized spacial score (nSPS) is 21.0. The van der Waals surface area contributed by atoms with Gasteiger partial charge >= 0.3 is 0 Å². The highest BCUT2D eigenvalue weighted by molar-refractivity contribution is 7.80. The van der Waals surface area contributed by atoms with Crippen LogP contribution in [0.15, 0.2) is 24.3 Å². The number of hydrogen-bond donors (Lipinski definition) is 2. The molecule has 1 saturated heterocycles. The average Bonchev–Trinajstić information content (AvgIpc) is 2.60. The molecular formula is C11H13NO2S. The quantitative estimate of drug-likeness (QED) is 0.749. The van der Waals surface area contributed by atoms with Crippen LogP contribution >= 0.6 is 12.6 Å². The predicted molar refractivity (Wildman–Crippen MR) is 62.4 cm³/mol. The van der Waals surface area contributed by atoms with Gasteiger partial charge in [-0.25, -0.2) is 0 Å². The van der Waals surface area contributed by atoms with Crippen molar-refractivity contribution in [2.24, 2.45) is 5.92 Å². The van der Waals surface area contributed by atoms with Gasteiger partial charge in [-0.3, -0.25) is 4.79 Å². The fraction of sp³-hybridized carbons (Fsp3) is 0.364. The topological polar surface area (TPSA) is 40.5 Å². The Morgan fingerprint density at radius 2 is 2.20 bits per heavy atom. The standard InChI is InChI=1S/C11H13NO2S/c13-10-4-2-1-3-9(10)12-6-5-8(7-15)11(12)14/h1-4,8,13,15H,5-7H2. The van der Waals surface area contributed by atoms with Gasteiger partial charge in [0, 0.05) is 18.2 Å². The molecular weight excluding hydrogens is 210 g/mol. The number of thiol groups is 1. The molecule has 0 aromatic heterocycles. The SMILES string of the molecule is O=C1C(CS)CCN1c1ccccc1O. The van der Waals surface area contributed by atoms with Crippen LogP contribution in [0.2, 0.25) is 0 Å². The van der Waals surface area contributed by atoms with Gasteiger partial charge in [0.25, 0.3) is 0 Å². The summed E-state index contributed by atoms with van der Waals surface area (Å²) in [4.78, 5) is 13.5. The van der Waals surface area contributed by atoms with Crippen molar-refractivity contribution in [3.05, 3.63) is 24.3 Å². The van der Waals surface area contributed by atoms with E-state index in [1.165, 1.54) is 0 Å². The summed E-state index contributed by atoms with van der Waals surface area (Å²) in [5.74, 6) is 0.785. The van der Waals surface area contributed by atoms with Crippen LogP contribution in [0.1, 0.15) is 6.42 Å². The summed E-state index contributed by atoms with van der Waals surface area (Å²) in [6.45, 7) is 0.668. The molecule has 1 aliphatic rings. The van der Waals surface area contributed by atoms with E-state index < -0.39 is 0 Å². The predicted octanol–water partition coefficient (Wildman–Crippen LogP) is 1.67. The molecule has 0 spiro atoms. The maximum Gasteiger partial charge on any atom is 0.231 e. The van der Waals surface area contributed by atoms with Gasteiger partial charge in [-0.05, 0) is 18.6 Å². The zero-order chi connectivity index (χ0) is 10.8. The Balaban J connectivity index is 2.27. The van der Waals surface area contributed by atoms with Crippen LogP contribution in [0, 0.1) is 5.92 Å². The number of para-hydroxylation sites is 2. The molecule has 15 heavy (non-hydrogen) atoms. The molecule has 1 aromatic rings. The fourth-order valence-corrected chi connectivity index (χ4v) is 2.18. The number of hydrogen-bond acceptors (Lipinski definition) is 3. The lowest BCUT2D eigenvalue weighted by atomic mass is 10.1. The summed E-state index contributed by atoms with van der Waals surface area (Å²) in [6.07, 6.45) is 0.816. The Bertz CT molecular complexity index is 381. The van der Waals surface area contributed by atoms with Crippen molar-refractivity contribution in [3.8, 4) is 5.75 Å². The number of benzene rings is 1. The molecule has 1 unspecified atom stereocenters. The third-order valence-electron chi connectivity index (χ3n) is 2.71. The van der Waals surface area contributed by atoms with Gasteiger partial charge in [0.05, 0.1) is 5.69 Å². The average molecular weight is 223 g/mol. The maximum absolute atomic E-state index is 11.9. The van der Waals surface area contributed by atoms with Crippen LogP contribution in [-0.2, 0) is 4.79 Å². The molecule has 80 valence electrons. The highest BCUT2D eigenvalue weighted by Crippen LogP contribution is 2.32. The lowest BCUT2D eigenvalue weighted by Gasteiger charge is -2.17. The van der Waals surface area contributed by atoms with E-state index in [4.69, 9.17) is 0 Å². The molecule has 1 fully saturated rings. The molecule has 4 heteroatoms. The van der Waals surface area contributed by atoms with Crippen molar-refractivity contribution in [2.75, 3.05) is 17.2 Å². The summed E-state index contributed by atoms with van der Waals surface area (Å²) < 4.78 is 0. The van der Waals surface area contributed by atoms with E-state index in [0.717, 1.165) is 6.42 Å². The van der Waals surface area contributed by atoms with Crippen molar-refractivity contribution in [1.82, 2.24) is 0 Å². The number of phenols is 1. The van der Waals surface area contributed by atoms with E-state index in [-0.39, 0.29) is 17.6 Å². The Hall–Kier alpha value is -1.16. The molecule has 2 rings (SSSR count). The van der Waals surface area contributed by atoms with Crippen LogP contribution in [-0.4, -0.2) is 23.3 Å². The van der Waals surface area contributed by atoms with Crippen molar-refractivity contribution >= 4 is 24.2 Å². The van der Waals surface area contributed by atoms with Gasteiger partial charge in [0.15, 0.2) is 0 Å². The first-order chi connectivity index (χ1) is 7.24. The maximum atomic E-state index is 11.9. The zero-order valence-electron chi connectivity index (χ0n) is 8.26. The first-order valence-corrected chi connectivity index (χ1v) is 5.57. The molecule has 1 aliphatic heterocycles. The second kappa shape index (κ2) is 4.14. The minimum atomic E-state index is -0.00654. The van der Waals surface area contributed by atoms with E-state index in [1.54, 1.807) is 23.1 Å². The lowest BCUT2D eigenvalue weighted by Crippen LogP contribution is -2.27. The Morgan fingerprint density at radius 1 is 1.47 bits per heavy atom. The largest absolute Gasteiger partial charge is 0.506 e. The second-order valence-electron chi connectivity index (χ2n) is 3.65. The highest BCUT2D eigenvalue weighted by atomic mass is 32.1. The molecule has 1 atom stereocenters. The molecule has 0 aliphatic carbocycles. The van der Waals surface area contributed by atoms with Gasteiger partial charge in [-0.2, -0.15) is 12.6 Å². The summed E-state index contributed by atoms with van der Waals surface area (Å²) >= 11 is 4.14. The number of anilines is 1. The van der Waals surface area contributed by atoms with Gasteiger partial charge in [0.1, 0.15) is 5.75 Å². The minimum absolute atomic E-state index is 0.00654. The first kappa shape index (κ1) is 10.4. The molecule has 1 aromatic carbocycles. The van der Waals surface area contributed by atoms with Crippen LogP contribution in [0.3, 0.4) is 0 Å². The molecule has 1 amide bonds. The monoisotopic (exact) mass is 223 g/mol. The van der Waals surface area contributed by atoms with E-state index in [1.807, 2.05) is 6.07 Å². The van der Waals surface area contributed by atoms with Crippen LogP contribution < -0.4 is 4.90 Å². The zero-order valence-corrected chi connectivity index (χ0v) is 9.15. The van der Waals surface area contributed by atoms with Gasteiger partial charge < -0.3 is 10.0 Å². The number of aromatic hydroxyl groups is 1. The molecule has 0 bridgehead atoms. The summed E-state index contributed by atoms with van der Waals surface area (Å²) in [7, 11) is 0. The minimum Gasteiger partial charge on any atom is -0.506 e. The molecule has 0 radical (unpaired) electrons. The number of nitrogens with zero attached hydrogens (tertiary/aromatic N) is 1. The number of carbonyl (C=O) groups is 1. The van der Waals surface area contributed by atoms with E-state index in [0.29, 0.717) is 18.0 Å². The Labute approximate surface area is 94.1 Å². The van der Waals surface area contributed by atoms with Crippen molar-refractivity contribution in [2.45, 2.75) is 6.42 Å². The third kappa shape index (κ3) is 1.81. The number of rotatable bonds is 2. The summed E-state index contributed by atoms with van der Waals surface area (Å²) in [6, 6.07) is 6.91. The smallest absolute Gasteiger partial charge is 0.231 e. The lowest BCUT2D eigenvalue weighted by molar-refractivity contribution is -0.119. The number of carbonyl (C=O) groups excluding carboxylic acids is 1. The number of phenolic OH excluding ortho intramolecular Hbond substituents is 1. The van der Waals surface area contributed by atoms with Crippen molar-refractivity contribution in [3.63, 3.8) is 0 Å². The van der Waals surface area contributed by atoms with Crippen LogP contribution in [0.4, 0.5) is 5.69 Å². The fourth-order valence-electron chi connectivity index (χ4n) is 1.84. The molecule has 0 saturated carbocycles. The first-order valence-electron chi connectivity index (χ1n) is 4.94. The Kier molecular flexibility index (Phi) is 2.86. The molecule has 1 heterocycles. The van der Waals surface area contributed by atoms with E-state index >= 15 is 0 Å². The van der Waals surface area contributed by atoms with Crippen molar-refractivity contribution in [1.29, 1.82) is 0 Å². The van der Waals surface area contributed by atoms with Crippen LogP contribution in [0.25, 0.3) is 0 Å². The Morgan fingerprint density at radius 3 is 2.80 bits per heavy atom. The summed E-state index contributed by atoms with van der Waals surface area (Å²) in [5, 5.41) is 9.63. The third-order valence-corrected chi connectivity index (χ3v) is 3.15. The second-order valence-corrected chi connectivity index (χ2v) is 4.01. The van der Waals surface area contributed by atoms with Crippen LogP contribution in [0.5, 0.6) is 5.75 Å². The van der Waals surface area contributed by atoms with E-state index in [2.05, 4.69) is 12.6 Å². The van der Waals surface area contributed by atoms with Gasteiger partial charge in [-0.15, -0.1) is 0 Å². The van der Waals surface area contributed by atoms with Gasteiger partial charge in [0.2, 0.25) is 5.91 Å². The van der Waals surface area contributed by atoms with E-state index in [9.17, 15) is 9.90 Å². The summed E-state index contributed by atoms with van der Waals surface area (Å²) in [5.41, 5.74) is 0.604. The van der Waals surface area contributed by atoms with Gasteiger partial charge in [-0.1, -0.05) is 12.1 Å². The molecule has 1 N–H and O–H groups in total. The molecule has 3 nitrogen and oxygen atoms in total.